The number of pyridine rings is 1. The molecule has 1 fully saturated rings. The van der Waals surface area contributed by atoms with E-state index in [1.165, 1.54) is 12.3 Å². The summed E-state index contributed by atoms with van der Waals surface area (Å²) in [7, 11) is 2.12. The van der Waals surface area contributed by atoms with Crippen molar-refractivity contribution in [3.8, 4) is 0 Å². The topological polar surface area (TPSA) is 48.5 Å². The van der Waals surface area contributed by atoms with Gasteiger partial charge < -0.3 is 15.1 Å². The molecule has 2 heterocycles. The Morgan fingerprint density at radius 3 is 2.52 bits per heavy atom. The maximum Gasteiger partial charge on any atom is 0.255 e. The highest BCUT2D eigenvalue weighted by molar-refractivity contribution is 6.08. The standard InChI is InChI=1S/C21H21FN4O/c1-25-11-13-26(14-12-25)16-6-4-15(5-7-16)21(27)24-19-9-8-18(22)20-17(19)3-2-10-23-20/h2-10H,11-14H2,1H3,(H,24,27). The molecule has 0 atom stereocenters. The molecular weight excluding hydrogens is 343 g/mol. The van der Waals surface area contributed by atoms with Crippen LogP contribution >= 0.6 is 0 Å². The molecule has 0 aliphatic carbocycles. The molecule has 1 N–H and O–H groups in total. The number of hydrogen-bond donors (Lipinski definition) is 1. The molecular formula is C21H21FN4O. The van der Waals surface area contributed by atoms with Gasteiger partial charge in [-0.05, 0) is 55.6 Å². The molecule has 138 valence electrons. The van der Waals surface area contributed by atoms with Gasteiger partial charge in [0.2, 0.25) is 0 Å². The number of benzene rings is 2. The normalized spacial score (nSPS) is 15.1. The fourth-order valence-corrected chi connectivity index (χ4v) is 3.33. The van der Waals surface area contributed by atoms with Crippen LogP contribution in [0.1, 0.15) is 10.4 Å². The number of amides is 1. The van der Waals surface area contributed by atoms with Crippen LogP contribution in [0.5, 0.6) is 0 Å². The Morgan fingerprint density at radius 1 is 1.04 bits per heavy atom. The van der Waals surface area contributed by atoms with Gasteiger partial charge in [0.05, 0.1) is 5.69 Å². The number of piperazine rings is 1. The van der Waals surface area contributed by atoms with E-state index in [0.29, 0.717) is 16.6 Å². The number of likely N-dealkylation sites (N-methyl/N-ethyl adjacent to an activating group) is 1. The van der Waals surface area contributed by atoms with E-state index in [1.807, 2.05) is 24.3 Å². The molecule has 1 aromatic heterocycles. The second-order valence-electron chi connectivity index (χ2n) is 6.79. The molecule has 27 heavy (non-hydrogen) atoms. The molecule has 0 spiro atoms. The van der Waals surface area contributed by atoms with E-state index in [-0.39, 0.29) is 11.4 Å². The van der Waals surface area contributed by atoms with Crippen LogP contribution in [0.4, 0.5) is 15.8 Å². The maximum absolute atomic E-state index is 13.9. The SMILES string of the molecule is CN1CCN(c2ccc(C(=O)Nc3ccc(F)c4ncccc34)cc2)CC1. The van der Waals surface area contributed by atoms with Crippen LogP contribution in [0.2, 0.25) is 0 Å². The molecule has 6 heteroatoms. The lowest BCUT2D eigenvalue weighted by Crippen LogP contribution is -2.44. The molecule has 0 radical (unpaired) electrons. The highest BCUT2D eigenvalue weighted by Gasteiger charge is 2.15. The molecule has 1 aliphatic heterocycles. The zero-order chi connectivity index (χ0) is 18.8. The van der Waals surface area contributed by atoms with Crippen LogP contribution in [0.15, 0.2) is 54.7 Å². The lowest BCUT2D eigenvalue weighted by atomic mass is 10.1. The first kappa shape index (κ1) is 17.4. The number of anilines is 2. The van der Waals surface area contributed by atoms with Crippen LogP contribution in [-0.4, -0.2) is 49.0 Å². The van der Waals surface area contributed by atoms with E-state index in [2.05, 4.69) is 27.1 Å². The van der Waals surface area contributed by atoms with E-state index in [9.17, 15) is 9.18 Å². The summed E-state index contributed by atoms with van der Waals surface area (Å²) in [6, 6.07) is 14.0. The van der Waals surface area contributed by atoms with Gasteiger partial charge >= 0.3 is 0 Å². The summed E-state index contributed by atoms with van der Waals surface area (Å²) >= 11 is 0. The molecule has 1 aliphatic rings. The molecule has 1 amide bonds. The number of halogens is 1. The van der Waals surface area contributed by atoms with Gasteiger partial charge in [0, 0.05) is 49.0 Å². The van der Waals surface area contributed by atoms with Gasteiger partial charge in [-0.25, -0.2) is 4.39 Å². The highest BCUT2D eigenvalue weighted by Crippen LogP contribution is 2.25. The van der Waals surface area contributed by atoms with Crippen molar-refractivity contribution in [2.75, 3.05) is 43.4 Å². The molecule has 1 saturated heterocycles. The van der Waals surface area contributed by atoms with Gasteiger partial charge in [-0.3, -0.25) is 9.78 Å². The molecule has 0 bridgehead atoms. The average Bonchev–Trinajstić information content (AvgIpc) is 2.71. The van der Waals surface area contributed by atoms with Gasteiger partial charge in [-0.1, -0.05) is 0 Å². The van der Waals surface area contributed by atoms with Crippen molar-refractivity contribution in [2.45, 2.75) is 0 Å². The van der Waals surface area contributed by atoms with E-state index in [0.717, 1.165) is 31.9 Å². The third-order valence-electron chi connectivity index (χ3n) is 4.97. The Morgan fingerprint density at radius 2 is 1.78 bits per heavy atom. The van der Waals surface area contributed by atoms with Crippen molar-refractivity contribution >= 4 is 28.2 Å². The maximum atomic E-state index is 13.9. The highest BCUT2D eigenvalue weighted by atomic mass is 19.1. The number of nitrogens with zero attached hydrogens (tertiary/aromatic N) is 3. The fraction of sp³-hybridized carbons (Fsp3) is 0.238. The number of rotatable bonds is 3. The van der Waals surface area contributed by atoms with Crippen molar-refractivity contribution in [3.05, 3.63) is 66.1 Å². The summed E-state index contributed by atoms with van der Waals surface area (Å²) in [5, 5.41) is 3.45. The number of nitrogens with one attached hydrogen (secondary N) is 1. The van der Waals surface area contributed by atoms with Crippen LogP contribution in [-0.2, 0) is 0 Å². The van der Waals surface area contributed by atoms with Crippen molar-refractivity contribution in [3.63, 3.8) is 0 Å². The van der Waals surface area contributed by atoms with Gasteiger partial charge in [0.15, 0.2) is 0 Å². The first-order valence-corrected chi connectivity index (χ1v) is 9.00. The summed E-state index contributed by atoms with van der Waals surface area (Å²) in [5.74, 6) is -0.628. The summed E-state index contributed by atoms with van der Waals surface area (Å²) in [5.41, 5.74) is 2.48. The van der Waals surface area contributed by atoms with E-state index in [4.69, 9.17) is 0 Å². The Labute approximate surface area is 157 Å². The van der Waals surface area contributed by atoms with E-state index >= 15 is 0 Å². The van der Waals surface area contributed by atoms with E-state index < -0.39 is 5.82 Å². The van der Waals surface area contributed by atoms with Gasteiger partial charge in [-0.2, -0.15) is 0 Å². The molecule has 0 unspecified atom stereocenters. The van der Waals surface area contributed by atoms with Crippen molar-refractivity contribution < 1.29 is 9.18 Å². The minimum Gasteiger partial charge on any atom is -0.369 e. The zero-order valence-corrected chi connectivity index (χ0v) is 15.2. The minimum absolute atomic E-state index is 0.225. The summed E-state index contributed by atoms with van der Waals surface area (Å²) < 4.78 is 13.9. The molecule has 4 rings (SSSR count). The minimum atomic E-state index is -0.403. The summed E-state index contributed by atoms with van der Waals surface area (Å²) in [6.45, 7) is 4.04. The predicted molar refractivity (Wildman–Crippen MR) is 106 cm³/mol. The second-order valence-corrected chi connectivity index (χ2v) is 6.79. The van der Waals surface area contributed by atoms with Crippen LogP contribution in [0.25, 0.3) is 10.9 Å². The van der Waals surface area contributed by atoms with Gasteiger partial charge in [0.1, 0.15) is 11.3 Å². The van der Waals surface area contributed by atoms with E-state index in [1.54, 1.807) is 18.2 Å². The molecule has 2 aromatic carbocycles. The number of fused-ring (bicyclic) bond motifs is 1. The summed E-state index contributed by atoms with van der Waals surface area (Å²) in [6.07, 6.45) is 1.54. The Balaban J connectivity index is 1.51. The average molecular weight is 364 g/mol. The number of hydrogen-bond acceptors (Lipinski definition) is 4. The first-order valence-electron chi connectivity index (χ1n) is 9.00. The number of carbonyl (C=O) groups is 1. The Bertz CT molecular complexity index is 966. The lowest BCUT2D eigenvalue weighted by Gasteiger charge is -2.34. The lowest BCUT2D eigenvalue weighted by molar-refractivity contribution is 0.102. The second kappa shape index (κ2) is 7.32. The fourth-order valence-electron chi connectivity index (χ4n) is 3.33. The Kier molecular flexibility index (Phi) is 4.73. The third kappa shape index (κ3) is 3.61. The van der Waals surface area contributed by atoms with Crippen LogP contribution < -0.4 is 10.2 Å². The smallest absolute Gasteiger partial charge is 0.255 e. The monoisotopic (exact) mass is 364 g/mol. The Hall–Kier alpha value is -2.99. The van der Waals surface area contributed by atoms with Crippen LogP contribution in [0.3, 0.4) is 0 Å². The van der Waals surface area contributed by atoms with Crippen molar-refractivity contribution in [1.29, 1.82) is 0 Å². The van der Waals surface area contributed by atoms with Crippen molar-refractivity contribution in [1.82, 2.24) is 9.88 Å². The third-order valence-corrected chi connectivity index (χ3v) is 4.97. The van der Waals surface area contributed by atoms with Crippen molar-refractivity contribution in [2.24, 2.45) is 0 Å². The van der Waals surface area contributed by atoms with Gasteiger partial charge in [-0.15, -0.1) is 0 Å². The molecule has 5 nitrogen and oxygen atoms in total. The predicted octanol–water partition coefficient (Wildman–Crippen LogP) is 3.38. The largest absolute Gasteiger partial charge is 0.369 e. The number of carbonyl (C=O) groups excluding carboxylic acids is 1. The summed E-state index contributed by atoms with van der Waals surface area (Å²) in [4.78, 5) is 21.3. The number of aromatic nitrogens is 1. The first-order chi connectivity index (χ1) is 13.1. The molecule has 3 aromatic rings. The zero-order valence-electron chi connectivity index (χ0n) is 15.2. The quantitative estimate of drug-likeness (QED) is 0.774. The molecule has 0 saturated carbocycles. The van der Waals surface area contributed by atoms with Gasteiger partial charge in [0.25, 0.3) is 5.91 Å². The van der Waals surface area contributed by atoms with Crippen LogP contribution in [0, 0.1) is 5.82 Å².